The molecule has 1 aliphatic heterocycles. The molecule has 1 fully saturated rings. The van der Waals surface area contributed by atoms with E-state index in [1.807, 2.05) is 31.2 Å². The molecule has 6 nitrogen and oxygen atoms in total. The number of rotatable bonds is 6. The number of benzene rings is 1. The van der Waals surface area contributed by atoms with Crippen molar-refractivity contribution in [2.24, 2.45) is 0 Å². The van der Waals surface area contributed by atoms with E-state index in [-0.39, 0.29) is 0 Å². The fourth-order valence-electron chi connectivity index (χ4n) is 2.33. The van der Waals surface area contributed by atoms with Gasteiger partial charge in [0, 0.05) is 39.3 Å². The number of hydrogen-bond acceptors (Lipinski definition) is 4. The molecular formula is C14H23N3O3S. The molecule has 0 unspecified atom stereocenters. The number of ether oxygens (including phenoxy) is 1. The van der Waals surface area contributed by atoms with Crippen molar-refractivity contribution in [1.82, 2.24) is 13.9 Å². The Balaban J connectivity index is 2.10. The summed E-state index contributed by atoms with van der Waals surface area (Å²) in [4.78, 5) is 0. The molecule has 0 atom stereocenters. The minimum Gasteiger partial charge on any atom is -0.497 e. The molecule has 0 amide bonds. The molecule has 0 bridgehead atoms. The molecule has 0 spiro atoms. The molecule has 7 heteroatoms. The monoisotopic (exact) mass is 313 g/mol. The van der Waals surface area contributed by atoms with Crippen LogP contribution >= 0.6 is 0 Å². The lowest BCUT2D eigenvalue weighted by atomic mass is 10.2. The first-order valence-electron chi connectivity index (χ1n) is 7.16. The van der Waals surface area contributed by atoms with Gasteiger partial charge in [0.15, 0.2) is 0 Å². The maximum atomic E-state index is 12.6. The maximum absolute atomic E-state index is 12.6. The highest BCUT2D eigenvalue weighted by atomic mass is 32.2. The van der Waals surface area contributed by atoms with Crippen molar-refractivity contribution in [1.29, 1.82) is 0 Å². The Hall–Kier alpha value is -1.15. The highest BCUT2D eigenvalue weighted by Crippen LogP contribution is 2.16. The number of piperazine rings is 1. The van der Waals surface area contributed by atoms with Gasteiger partial charge < -0.3 is 10.1 Å². The van der Waals surface area contributed by atoms with Crippen molar-refractivity contribution in [3.05, 3.63) is 29.8 Å². The molecule has 1 aromatic rings. The third-order valence-corrected chi connectivity index (χ3v) is 5.66. The molecule has 0 saturated carbocycles. The Kier molecular flexibility index (Phi) is 5.58. The summed E-state index contributed by atoms with van der Waals surface area (Å²) in [7, 11) is -1.78. The molecule has 0 radical (unpaired) electrons. The third kappa shape index (κ3) is 3.94. The highest BCUT2D eigenvalue weighted by molar-refractivity contribution is 7.86. The molecule has 1 N–H and O–H groups in total. The summed E-state index contributed by atoms with van der Waals surface area (Å²) in [5.41, 5.74) is 0.955. The standard InChI is InChI=1S/C14H23N3O3S/c1-3-16(12-13-4-6-14(20-2)7-5-13)21(18,19)17-10-8-15-9-11-17/h4-7,15H,3,8-12H2,1-2H3. The van der Waals surface area contributed by atoms with Crippen LogP contribution in [-0.2, 0) is 16.8 Å². The zero-order valence-corrected chi connectivity index (χ0v) is 13.4. The molecule has 1 aliphatic rings. The zero-order valence-electron chi connectivity index (χ0n) is 12.6. The van der Waals surface area contributed by atoms with Gasteiger partial charge in [-0.3, -0.25) is 0 Å². The molecule has 0 aliphatic carbocycles. The van der Waals surface area contributed by atoms with Gasteiger partial charge in [0.1, 0.15) is 5.75 Å². The Bertz CT molecular complexity index is 539. The van der Waals surface area contributed by atoms with E-state index in [1.54, 1.807) is 11.4 Å². The third-order valence-electron chi connectivity index (χ3n) is 3.60. The first kappa shape index (κ1) is 16.2. The van der Waals surface area contributed by atoms with Gasteiger partial charge in [-0.15, -0.1) is 0 Å². The average Bonchev–Trinajstić information content (AvgIpc) is 2.53. The molecule has 21 heavy (non-hydrogen) atoms. The summed E-state index contributed by atoms with van der Waals surface area (Å²) in [5.74, 6) is 0.770. The molecule has 0 aromatic heterocycles. The van der Waals surface area contributed by atoms with Crippen LogP contribution in [0.4, 0.5) is 0 Å². The fourth-order valence-corrected chi connectivity index (χ4v) is 3.94. The zero-order chi connectivity index (χ0) is 15.3. The van der Waals surface area contributed by atoms with Gasteiger partial charge in [-0.05, 0) is 17.7 Å². The van der Waals surface area contributed by atoms with Crippen LogP contribution in [0.5, 0.6) is 5.75 Å². The van der Waals surface area contributed by atoms with Crippen molar-refractivity contribution in [2.45, 2.75) is 13.5 Å². The van der Waals surface area contributed by atoms with E-state index in [0.717, 1.165) is 11.3 Å². The van der Waals surface area contributed by atoms with Gasteiger partial charge in [-0.2, -0.15) is 17.0 Å². The van der Waals surface area contributed by atoms with E-state index in [4.69, 9.17) is 4.74 Å². The summed E-state index contributed by atoms with van der Waals surface area (Å²) in [6, 6.07) is 7.49. The molecule has 1 aromatic carbocycles. The number of hydrogen-bond donors (Lipinski definition) is 1. The van der Waals surface area contributed by atoms with Gasteiger partial charge in [0.2, 0.25) is 0 Å². The van der Waals surface area contributed by atoms with Crippen LogP contribution in [-0.4, -0.2) is 56.9 Å². The lowest BCUT2D eigenvalue weighted by molar-refractivity contribution is 0.312. The minimum absolute atomic E-state index is 0.382. The molecule has 2 rings (SSSR count). The van der Waals surface area contributed by atoms with Crippen LogP contribution in [0.15, 0.2) is 24.3 Å². The quantitative estimate of drug-likeness (QED) is 0.838. The fraction of sp³-hybridized carbons (Fsp3) is 0.571. The Morgan fingerprint density at radius 2 is 1.86 bits per heavy atom. The van der Waals surface area contributed by atoms with Crippen LogP contribution in [0.25, 0.3) is 0 Å². The van der Waals surface area contributed by atoms with E-state index < -0.39 is 10.2 Å². The number of nitrogens with zero attached hydrogens (tertiary/aromatic N) is 2. The van der Waals surface area contributed by atoms with Gasteiger partial charge in [0.05, 0.1) is 7.11 Å². The first-order valence-corrected chi connectivity index (χ1v) is 8.56. The van der Waals surface area contributed by atoms with Crippen LogP contribution in [0, 0.1) is 0 Å². The van der Waals surface area contributed by atoms with Gasteiger partial charge in [-0.25, -0.2) is 0 Å². The van der Waals surface area contributed by atoms with E-state index in [1.165, 1.54) is 4.31 Å². The number of methoxy groups -OCH3 is 1. The summed E-state index contributed by atoms with van der Waals surface area (Å²) in [5, 5.41) is 3.17. The van der Waals surface area contributed by atoms with Crippen LogP contribution in [0.2, 0.25) is 0 Å². The molecule has 1 saturated heterocycles. The second-order valence-electron chi connectivity index (χ2n) is 4.93. The van der Waals surface area contributed by atoms with E-state index in [9.17, 15) is 8.42 Å². The maximum Gasteiger partial charge on any atom is 0.282 e. The SMILES string of the molecule is CCN(Cc1ccc(OC)cc1)S(=O)(=O)N1CCNCC1. The molecule has 118 valence electrons. The smallest absolute Gasteiger partial charge is 0.282 e. The Morgan fingerprint density at radius 3 is 2.38 bits per heavy atom. The number of nitrogens with one attached hydrogen (secondary N) is 1. The van der Waals surface area contributed by atoms with E-state index in [2.05, 4.69) is 5.32 Å². The lowest BCUT2D eigenvalue weighted by Crippen LogP contribution is -2.51. The van der Waals surface area contributed by atoms with Gasteiger partial charge >= 0.3 is 0 Å². The second-order valence-corrected chi connectivity index (χ2v) is 6.86. The summed E-state index contributed by atoms with van der Waals surface area (Å²) in [6.07, 6.45) is 0. The van der Waals surface area contributed by atoms with Gasteiger partial charge in [0.25, 0.3) is 10.2 Å². The average molecular weight is 313 g/mol. The topological polar surface area (TPSA) is 61.9 Å². The predicted octanol–water partition coefficient (Wildman–Crippen LogP) is 0.667. The van der Waals surface area contributed by atoms with Crippen LogP contribution in [0.1, 0.15) is 12.5 Å². The second kappa shape index (κ2) is 7.22. The molecular weight excluding hydrogens is 290 g/mol. The van der Waals surface area contributed by atoms with Crippen LogP contribution < -0.4 is 10.1 Å². The lowest BCUT2D eigenvalue weighted by Gasteiger charge is -2.32. The van der Waals surface area contributed by atoms with E-state index in [0.29, 0.717) is 39.3 Å². The van der Waals surface area contributed by atoms with Crippen molar-refractivity contribution < 1.29 is 13.2 Å². The van der Waals surface area contributed by atoms with Crippen LogP contribution in [0.3, 0.4) is 0 Å². The van der Waals surface area contributed by atoms with E-state index >= 15 is 0 Å². The van der Waals surface area contributed by atoms with Gasteiger partial charge in [-0.1, -0.05) is 19.1 Å². The summed E-state index contributed by atoms with van der Waals surface area (Å²) < 4.78 is 33.5. The highest BCUT2D eigenvalue weighted by Gasteiger charge is 2.29. The molecule has 1 heterocycles. The summed E-state index contributed by atoms with van der Waals surface area (Å²) in [6.45, 7) is 5.18. The van der Waals surface area contributed by atoms with Crippen molar-refractivity contribution in [3.63, 3.8) is 0 Å². The predicted molar refractivity (Wildman–Crippen MR) is 82.4 cm³/mol. The normalized spacial score (nSPS) is 17.1. The van der Waals surface area contributed by atoms with Crippen molar-refractivity contribution >= 4 is 10.2 Å². The largest absolute Gasteiger partial charge is 0.497 e. The van der Waals surface area contributed by atoms with Crippen molar-refractivity contribution in [2.75, 3.05) is 39.8 Å². The Morgan fingerprint density at radius 1 is 1.24 bits per heavy atom. The van der Waals surface area contributed by atoms with Crippen molar-refractivity contribution in [3.8, 4) is 5.75 Å². The summed E-state index contributed by atoms with van der Waals surface area (Å²) >= 11 is 0. The minimum atomic E-state index is -3.39. The first-order chi connectivity index (χ1) is 10.1. The Labute approximate surface area is 126 Å².